The molecule has 0 saturated carbocycles. The summed E-state index contributed by atoms with van der Waals surface area (Å²) in [5.41, 5.74) is 9.17. The van der Waals surface area contributed by atoms with Crippen molar-refractivity contribution in [3.8, 4) is 11.1 Å². The fourth-order valence-corrected chi connectivity index (χ4v) is 2.79. The lowest BCUT2D eigenvalue weighted by atomic mass is 10.0. The van der Waals surface area contributed by atoms with Gasteiger partial charge in [0, 0.05) is 12.0 Å². The largest absolute Gasteiger partial charge is 0.462 e. The molecule has 0 saturated heterocycles. The third-order valence-electron chi connectivity index (χ3n) is 4.11. The number of ether oxygens (including phenoxy) is 1. The van der Waals surface area contributed by atoms with Crippen LogP contribution in [0.4, 0.5) is 15.8 Å². The summed E-state index contributed by atoms with van der Waals surface area (Å²) < 4.78 is 18.5. The third kappa shape index (κ3) is 3.04. The Kier molecular flexibility index (Phi) is 3.61. The zero-order valence-electron chi connectivity index (χ0n) is 13.3. The molecule has 25 heavy (non-hydrogen) atoms. The second-order valence-corrected chi connectivity index (χ2v) is 5.89. The molecule has 0 radical (unpaired) electrons. The average molecular weight is 334 g/mol. The number of nitrogens with one attached hydrogen (secondary N) is 1. The van der Waals surface area contributed by atoms with Crippen LogP contribution >= 0.6 is 0 Å². The number of nitrogen functional groups attached to an aromatic ring is 1. The van der Waals surface area contributed by atoms with Gasteiger partial charge in [-0.05, 0) is 53.6 Å². The van der Waals surface area contributed by atoms with Gasteiger partial charge in [-0.15, -0.1) is 0 Å². The highest BCUT2D eigenvalue weighted by Crippen LogP contribution is 2.31. The predicted octanol–water partition coefficient (Wildman–Crippen LogP) is 4.14. The number of carbonyl (C=O) groups excluding carboxylic acids is 1. The molecule has 0 aliphatic carbocycles. The summed E-state index contributed by atoms with van der Waals surface area (Å²) in [6.07, 6.45) is 6.05. The minimum atomic E-state index is -0.295. The zero-order chi connectivity index (χ0) is 17.4. The molecule has 2 aromatic carbocycles. The normalized spacial score (nSPS) is 15.0. The van der Waals surface area contributed by atoms with Gasteiger partial charge in [-0.1, -0.05) is 18.2 Å². The van der Waals surface area contributed by atoms with Crippen LogP contribution in [0.1, 0.15) is 6.42 Å². The molecule has 0 unspecified atom stereocenters. The summed E-state index contributed by atoms with van der Waals surface area (Å²) >= 11 is 0. The van der Waals surface area contributed by atoms with E-state index in [1.165, 1.54) is 12.1 Å². The number of halogens is 1. The number of carbonyl (C=O) groups is 1. The molecular weight excluding hydrogens is 319 g/mol. The van der Waals surface area contributed by atoms with Crippen LogP contribution in [0.5, 0.6) is 0 Å². The second-order valence-electron chi connectivity index (χ2n) is 5.89. The van der Waals surface area contributed by atoms with Gasteiger partial charge in [-0.3, -0.25) is 4.79 Å². The Morgan fingerprint density at radius 1 is 1.08 bits per heavy atom. The Morgan fingerprint density at radius 3 is 2.60 bits per heavy atom. The van der Waals surface area contributed by atoms with Crippen LogP contribution in [-0.2, 0) is 9.53 Å². The van der Waals surface area contributed by atoms with Gasteiger partial charge in [0.25, 0.3) is 5.91 Å². The lowest BCUT2D eigenvalue weighted by Crippen LogP contribution is -2.16. The Morgan fingerprint density at radius 2 is 1.84 bits per heavy atom. The van der Waals surface area contributed by atoms with E-state index in [0.29, 0.717) is 29.1 Å². The Hall–Kier alpha value is -3.34. The standard InChI is InChI=1S/C20H15FN2O2/c21-15-4-1-12(2-5-15)13-3-8-18(22)19(11-13)23-20(24)14-9-16-6-7-17(10-14)25-16/h1-6,8-11H,7,22H2,(H,23,24). The molecule has 124 valence electrons. The molecule has 4 rings (SSSR count). The van der Waals surface area contributed by atoms with Crippen LogP contribution in [0, 0.1) is 5.82 Å². The Balaban J connectivity index is 1.60. The molecule has 2 aliphatic rings. The molecule has 2 bridgehead atoms. The quantitative estimate of drug-likeness (QED) is 0.829. The number of rotatable bonds is 3. The number of fused-ring (bicyclic) bond motifs is 2. The van der Waals surface area contributed by atoms with E-state index >= 15 is 0 Å². The summed E-state index contributed by atoms with van der Waals surface area (Å²) in [7, 11) is 0. The van der Waals surface area contributed by atoms with E-state index in [9.17, 15) is 9.18 Å². The number of hydrogen-bond donors (Lipinski definition) is 2. The van der Waals surface area contributed by atoms with Crippen LogP contribution in [0.2, 0.25) is 0 Å². The van der Waals surface area contributed by atoms with Crippen molar-refractivity contribution in [2.45, 2.75) is 6.42 Å². The summed E-state index contributed by atoms with van der Waals surface area (Å²) in [6, 6.07) is 11.5. The molecule has 0 atom stereocenters. The third-order valence-corrected chi connectivity index (χ3v) is 4.11. The molecule has 0 fully saturated rings. The highest BCUT2D eigenvalue weighted by molar-refractivity contribution is 6.08. The molecule has 0 aromatic heterocycles. The molecule has 5 heteroatoms. The van der Waals surface area contributed by atoms with Crippen LogP contribution < -0.4 is 11.1 Å². The van der Waals surface area contributed by atoms with Crippen molar-refractivity contribution >= 4 is 17.3 Å². The molecule has 2 aliphatic heterocycles. The first-order chi connectivity index (χ1) is 12.1. The van der Waals surface area contributed by atoms with Crippen molar-refractivity contribution in [3.05, 3.63) is 83.6 Å². The van der Waals surface area contributed by atoms with E-state index in [4.69, 9.17) is 10.5 Å². The van der Waals surface area contributed by atoms with Crippen molar-refractivity contribution in [3.63, 3.8) is 0 Å². The molecule has 0 spiro atoms. The van der Waals surface area contributed by atoms with Crippen LogP contribution in [0.15, 0.2) is 77.8 Å². The number of benzene rings is 2. The highest BCUT2D eigenvalue weighted by atomic mass is 19.1. The maximum absolute atomic E-state index is 13.1. The number of anilines is 2. The molecule has 2 heterocycles. The fraction of sp³-hybridized carbons (Fsp3) is 0.0500. The van der Waals surface area contributed by atoms with Crippen LogP contribution in [0.25, 0.3) is 11.1 Å². The van der Waals surface area contributed by atoms with Crippen LogP contribution in [-0.4, -0.2) is 5.91 Å². The maximum atomic E-state index is 13.1. The van der Waals surface area contributed by atoms with E-state index in [2.05, 4.69) is 5.32 Å². The second kappa shape index (κ2) is 5.94. The minimum absolute atomic E-state index is 0.253. The monoisotopic (exact) mass is 334 g/mol. The van der Waals surface area contributed by atoms with Gasteiger partial charge in [-0.2, -0.15) is 0 Å². The van der Waals surface area contributed by atoms with Gasteiger partial charge in [0.2, 0.25) is 0 Å². The lowest BCUT2D eigenvalue weighted by molar-refractivity contribution is -0.112. The average Bonchev–Trinajstić information content (AvgIpc) is 2.95. The Bertz CT molecular complexity index is 956. The molecule has 4 nitrogen and oxygen atoms in total. The van der Waals surface area contributed by atoms with E-state index in [1.54, 1.807) is 36.4 Å². The first-order valence-corrected chi connectivity index (χ1v) is 7.85. The maximum Gasteiger partial charge on any atom is 0.255 e. The molecule has 2 aromatic rings. The lowest BCUT2D eigenvalue weighted by Gasteiger charge is -2.14. The summed E-state index contributed by atoms with van der Waals surface area (Å²) in [6.45, 7) is 0. The van der Waals surface area contributed by atoms with E-state index in [-0.39, 0.29) is 11.7 Å². The molecule has 3 N–H and O–H groups in total. The number of hydrogen-bond acceptors (Lipinski definition) is 3. The topological polar surface area (TPSA) is 64.3 Å². The smallest absolute Gasteiger partial charge is 0.255 e. The molecule has 1 amide bonds. The van der Waals surface area contributed by atoms with Crippen molar-refractivity contribution in [2.75, 3.05) is 11.1 Å². The summed E-state index contributed by atoms with van der Waals surface area (Å²) in [5, 5.41) is 2.84. The predicted molar refractivity (Wildman–Crippen MR) is 94.8 cm³/mol. The summed E-state index contributed by atoms with van der Waals surface area (Å²) in [4.78, 5) is 12.5. The van der Waals surface area contributed by atoms with Crippen molar-refractivity contribution < 1.29 is 13.9 Å². The Labute approximate surface area is 144 Å². The van der Waals surface area contributed by atoms with E-state index in [1.807, 2.05) is 12.1 Å². The minimum Gasteiger partial charge on any atom is -0.462 e. The SMILES string of the molecule is Nc1ccc(-c2ccc(F)cc2)cc1NC(=O)C1=CC2=CCC(=C1)O2. The van der Waals surface area contributed by atoms with Gasteiger partial charge in [0.1, 0.15) is 17.3 Å². The number of amides is 1. The van der Waals surface area contributed by atoms with Crippen molar-refractivity contribution in [1.29, 1.82) is 0 Å². The first-order valence-electron chi connectivity index (χ1n) is 7.85. The first kappa shape index (κ1) is 15.2. The van der Waals surface area contributed by atoms with Crippen LogP contribution in [0.3, 0.4) is 0 Å². The summed E-state index contributed by atoms with van der Waals surface area (Å²) in [5.74, 6) is 0.902. The van der Waals surface area contributed by atoms with Gasteiger partial charge in [-0.25, -0.2) is 4.39 Å². The zero-order valence-corrected chi connectivity index (χ0v) is 13.3. The number of allylic oxidation sites excluding steroid dienone is 2. The van der Waals surface area contributed by atoms with Gasteiger partial charge >= 0.3 is 0 Å². The van der Waals surface area contributed by atoms with E-state index < -0.39 is 0 Å². The van der Waals surface area contributed by atoms with Crippen molar-refractivity contribution in [2.24, 2.45) is 0 Å². The number of nitrogens with two attached hydrogens (primary N) is 1. The van der Waals surface area contributed by atoms with Gasteiger partial charge in [0.05, 0.1) is 11.4 Å². The highest BCUT2D eigenvalue weighted by Gasteiger charge is 2.20. The van der Waals surface area contributed by atoms with Gasteiger partial charge < -0.3 is 15.8 Å². The van der Waals surface area contributed by atoms with E-state index in [0.717, 1.165) is 16.9 Å². The molecular formula is C20H15FN2O2. The van der Waals surface area contributed by atoms with Gasteiger partial charge in [0.15, 0.2) is 0 Å². The van der Waals surface area contributed by atoms with Crippen molar-refractivity contribution in [1.82, 2.24) is 0 Å². The fourth-order valence-electron chi connectivity index (χ4n) is 2.79.